The van der Waals surface area contributed by atoms with E-state index in [1.807, 2.05) is 36.4 Å². The van der Waals surface area contributed by atoms with Gasteiger partial charge in [0.2, 0.25) is 0 Å². The van der Waals surface area contributed by atoms with Crippen LogP contribution in [-0.4, -0.2) is 0 Å². The van der Waals surface area contributed by atoms with E-state index in [1.165, 1.54) is 0 Å². The molecule has 8 aromatic rings. The maximum atomic E-state index is 9.43. The number of hydrogen-bond donors (Lipinski definition) is 0. The third-order valence-electron chi connectivity index (χ3n) is 6.77. The van der Waals surface area contributed by atoms with Crippen LogP contribution in [0.4, 0.5) is 0 Å². The molecule has 1 heteroatoms. The van der Waals surface area contributed by atoms with Gasteiger partial charge in [-0.05, 0) is 79.1 Å². The second kappa shape index (κ2) is 8.72. The fourth-order valence-corrected chi connectivity index (χ4v) is 5.07. The molecular weight excluding hydrogens is 472 g/mol. The second-order valence-corrected chi connectivity index (χ2v) is 8.96. The minimum Gasteiger partial charge on any atom is -0.456 e. The Kier molecular flexibility index (Phi) is 2.62. The van der Waals surface area contributed by atoms with Crippen molar-refractivity contribution < 1.29 is 25.0 Å². The van der Waals surface area contributed by atoms with Crippen molar-refractivity contribution in [3.8, 4) is 33.4 Å². The first-order chi connectivity index (χ1) is 25.6. The van der Waals surface area contributed by atoms with Gasteiger partial charge in [0, 0.05) is 10.8 Å². The summed E-state index contributed by atoms with van der Waals surface area (Å²) < 4.78 is 139. The number of hydrogen-bond acceptors (Lipinski definition) is 1. The number of rotatable bonds is 3. The van der Waals surface area contributed by atoms with Gasteiger partial charge in [0.15, 0.2) is 0 Å². The third-order valence-corrected chi connectivity index (χ3v) is 6.77. The highest BCUT2D eigenvalue weighted by Crippen LogP contribution is 2.45. The Morgan fingerprint density at radius 2 is 0.949 bits per heavy atom. The van der Waals surface area contributed by atoms with Crippen LogP contribution in [0, 0.1) is 0 Å². The van der Waals surface area contributed by atoms with E-state index >= 15 is 0 Å². The van der Waals surface area contributed by atoms with Gasteiger partial charge in [-0.3, -0.25) is 0 Å². The molecule has 0 fully saturated rings. The summed E-state index contributed by atoms with van der Waals surface area (Å²) in [7, 11) is 0. The molecule has 39 heavy (non-hydrogen) atoms. The lowest BCUT2D eigenvalue weighted by atomic mass is 9.85. The van der Waals surface area contributed by atoms with Gasteiger partial charge in [-0.2, -0.15) is 0 Å². The van der Waals surface area contributed by atoms with Gasteiger partial charge in [-0.25, -0.2) is 0 Å². The standard InChI is InChI=1S/C38H24O/c1-2-11-25(12-3-1)26-13-10-14-27(23-26)37-31-16-4-6-18-33(31)38(34-19-7-5-17-32(34)37)28-21-22-30-29-15-8-9-20-35(29)39-36(30)24-28/h1-24H/i4D,5D,6D,7D,8D,9D,15D,16D,17D,18D,19D,20D,21D,22D,24D. The van der Waals surface area contributed by atoms with E-state index in [1.54, 1.807) is 18.2 Å². The fourth-order valence-electron chi connectivity index (χ4n) is 5.07. The molecule has 0 aliphatic rings. The first-order valence-electron chi connectivity index (χ1n) is 19.6. The number of furan rings is 1. The molecule has 7 aromatic carbocycles. The highest BCUT2D eigenvalue weighted by molar-refractivity contribution is 6.22. The van der Waals surface area contributed by atoms with E-state index < -0.39 is 102 Å². The zero-order chi connectivity index (χ0) is 38.8. The van der Waals surface area contributed by atoms with Gasteiger partial charge in [-0.15, -0.1) is 0 Å². The van der Waals surface area contributed by atoms with Crippen molar-refractivity contribution in [3.05, 3.63) is 145 Å². The smallest absolute Gasteiger partial charge is 0.136 e. The molecule has 0 unspecified atom stereocenters. The molecule has 1 heterocycles. The van der Waals surface area contributed by atoms with Gasteiger partial charge < -0.3 is 4.42 Å². The molecule has 0 N–H and O–H groups in total. The van der Waals surface area contributed by atoms with Crippen molar-refractivity contribution in [1.82, 2.24) is 0 Å². The Hall–Kier alpha value is -5.14. The Morgan fingerprint density at radius 3 is 1.64 bits per heavy atom. The molecule has 8 rings (SSSR count). The Labute approximate surface area is 247 Å². The summed E-state index contributed by atoms with van der Waals surface area (Å²) in [5, 5.41) is -1.29. The van der Waals surface area contributed by atoms with Gasteiger partial charge in [0.05, 0.1) is 20.6 Å². The van der Waals surface area contributed by atoms with Crippen LogP contribution in [0.3, 0.4) is 0 Å². The first-order valence-corrected chi connectivity index (χ1v) is 12.1. The molecule has 0 spiro atoms. The normalized spacial score (nSPS) is 17.0. The molecule has 1 aromatic heterocycles. The topological polar surface area (TPSA) is 13.1 Å². The molecule has 0 radical (unpaired) electrons. The minimum atomic E-state index is -0.691. The predicted molar refractivity (Wildman–Crippen MR) is 165 cm³/mol. The van der Waals surface area contributed by atoms with E-state index in [9.17, 15) is 8.22 Å². The van der Waals surface area contributed by atoms with Gasteiger partial charge in [0.1, 0.15) is 11.2 Å². The molecule has 0 aliphatic heterocycles. The summed E-state index contributed by atoms with van der Waals surface area (Å²) in [5.41, 5.74) is 0.419. The summed E-state index contributed by atoms with van der Waals surface area (Å²) in [6, 6.07) is 6.99. The van der Waals surface area contributed by atoms with Crippen molar-refractivity contribution in [2.75, 3.05) is 0 Å². The lowest BCUT2D eigenvalue weighted by molar-refractivity contribution is 0.669. The van der Waals surface area contributed by atoms with Crippen molar-refractivity contribution >= 4 is 43.5 Å². The van der Waals surface area contributed by atoms with Crippen LogP contribution in [0.1, 0.15) is 20.6 Å². The SMILES string of the molecule is [2H]c1c([2H])c([2H])c2c(oc3c([2H])c(-c4c5c([2H])c([2H])c([2H])c([2H])c5c(-c5cccc(-c6ccccc6)c5)c5c([2H])c([2H])c([2H])c([2H])c45)c([2H])c([2H])c32)c1[2H]. The summed E-state index contributed by atoms with van der Waals surface area (Å²) in [5.74, 6) is 0. The van der Waals surface area contributed by atoms with E-state index in [2.05, 4.69) is 0 Å². The molecule has 1 nitrogen and oxygen atoms in total. The van der Waals surface area contributed by atoms with Gasteiger partial charge in [-0.1, -0.05) is 121 Å². The maximum absolute atomic E-state index is 9.43. The Morgan fingerprint density at radius 1 is 0.410 bits per heavy atom. The molecule has 0 saturated heterocycles. The quantitative estimate of drug-likeness (QED) is 0.215. The van der Waals surface area contributed by atoms with Gasteiger partial charge in [0.25, 0.3) is 0 Å². The molecule has 0 atom stereocenters. The Balaban J connectivity index is 1.66. The zero-order valence-corrected chi connectivity index (χ0v) is 20.1. The molecule has 0 bridgehead atoms. The van der Waals surface area contributed by atoms with Crippen LogP contribution in [0.25, 0.3) is 76.9 Å². The number of benzene rings is 7. The molecule has 182 valence electrons. The zero-order valence-electron chi connectivity index (χ0n) is 35.1. The van der Waals surface area contributed by atoms with Crippen molar-refractivity contribution in [3.63, 3.8) is 0 Å². The fraction of sp³-hybridized carbons (Fsp3) is 0. The average molecular weight is 512 g/mol. The van der Waals surface area contributed by atoms with Gasteiger partial charge >= 0.3 is 0 Å². The Bertz CT molecular complexity index is 2910. The molecular formula is C38H24O. The monoisotopic (exact) mass is 511 g/mol. The van der Waals surface area contributed by atoms with Crippen LogP contribution in [0.5, 0.6) is 0 Å². The van der Waals surface area contributed by atoms with Crippen LogP contribution < -0.4 is 0 Å². The summed E-state index contributed by atoms with van der Waals surface area (Å²) in [6.45, 7) is 0. The largest absolute Gasteiger partial charge is 0.456 e. The summed E-state index contributed by atoms with van der Waals surface area (Å²) >= 11 is 0. The number of para-hydroxylation sites is 1. The molecule has 0 amide bonds. The van der Waals surface area contributed by atoms with Crippen molar-refractivity contribution in [1.29, 1.82) is 0 Å². The highest BCUT2D eigenvalue weighted by atomic mass is 16.3. The van der Waals surface area contributed by atoms with E-state index in [4.69, 9.17) is 16.8 Å². The van der Waals surface area contributed by atoms with Crippen molar-refractivity contribution in [2.24, 2.45) is 0 Å². The van der Waals surface area contributed by atoms with E-state index in [0.717, 1.165) is 5.56 Å². The lowest BCUT2D eigenvalue weighted by Gasteiger charge is -2.18. The summed E-state index contributed by atoms with van der Waals surface area (Å²) in [6.07, 6.45) is 0. The first kappa shape index (κ1) is 11.7. The summed E-state index contributed by atoms with van der Waals surface area (Å²) in [4.78, 5) is 0. The second-order valence-electron chi connectivity index (χ2n) is 8.96. The predicted octanol–water partition coefficient (Wildman–Crippen LogP) is 10.9. The molecule has 0 aliphatic carbocycles. The van der Waals surface area contributed by atoms with E-state index in [-0.39, 0.29) is 49.0 Å². The maximum Gasteiger partial charge on any atom is 0.136 e. The third kappa shape index (κ3) is 3.48. The average Bonchev–Trinajstić information content (AvgIpc) is 3.59. The van der Waals surface area contributed by atoms with Crippen LogP contribution in [-0.2, 0) is 0 Å². The molecule has 0 saturated carbocycles. The van der Waals surface area contributed by atoms with Crippen LogP contribution >= 0.6 is 0 Å². The lowest BCUT2D eigenvalue weighted by Crippen LogP contribution is -1.91. The van der Waals surface area contributed by atoms with E-state index in [0.29, 0.717) is 11.1 Å². The van der Waals surface area contributed by atoms with Crippen molar-refractivity contribution in [2.45, 2.75) is 0 Å². The number of fused-ring (bicyclic) bond motifs is 5. The minimum absolute atomic E-state index is 0.0677. The highest BCUT2D eigenvalue weighted by Gasteiger charge is 2.18. The van der Waals surface area contributed by atoms with Crippen LogP contribution in [0.15, 0.2) is 150 Å². The van der Waals surface area contributed by atoms with Crippen LogP contribution in [0.2, 0.25) is 0 Å².